The van der Waals surface area contributed by atoms with Crippen LogP contribution < -0.4 is 10.6 Å². The van der Waals surface area contributed by atoms with Crippen LogP contribution in [0.2, 0.25) is 0 Å². The van der Waals surface area contributed by atoms with Crippen LogP contribution in [-0.4, -0.2) is 51.5 Å². The first-order chi connectivity index (χ1) is 14.5. The number of nitrogens with zero attached hydrogens (tertiary/aromatic N) is 1. The molecule has 2 N–H and O–H groups in total. The van der Waals surface area contributed by atoms with Crippen LogP contribution in [0.5, 0.6) is 0 Å². The zero-order valence-corrected chi connectivity index (χ0v) is 18.0. The van der Waals surface area contributed by atoms with Crippen molar-refractivity contribution in [3.05, 3.63) is 60.2 Å². The number of amides is 1. The van der Waals surface area contributed by atoms with Gasteiger partial charge in [0.05, 0.1) is 18.1 Å². The molecule has 0 aromatic heterocycles. The molecule has 2 aromatic carbocycles. The highest BCUT2D eigenvalue weighted by atomic mass is 32.2. The molecule has 1 fully saturated rings. The van der Waals surface area contributed by atoms with E-state index in [0.29, 0.717) is 32.0 Å². The van der Waals surface area contributed by atoms with Gasteiger partial charge in [-0.1, -0.05) is 49.7 Å². The fourth-order valence-electron chi connectivity index (χ4n) is 3.32. The molecule has 0 bridgehead atoms. The van der Waals surface area contributed by atoms with Crippen molar-refractivity contribution in [1.29, 1.82) is 0 Å². The highest BCUT2D eigenvalue weighted by molar-refractivity contribution is 7.89. The summed E-state index contributed by atoms with van der Waals surface area (Å²) >= 11 is 0. The Bertz CT molecular complexity index is 928. The highest BCUT2D eigenvalue weighted by Crippen LogP contribution is 2.22. The van der Waals surface area contributed by atoms with E-state index in [0.717, 1.165) is 24.9 Å². The van der Waals surface area contributed by atoms with E-state index in [4.69, 9.17) is 4.74 Å². The third-order valence-electron chi connectivity index (χ3n) is 4.98. The lowest BCUT2D eigenvalue weighted by Gasteiger charge is -2.26. The van der Waals surface area contributed by atoms with E-state index in [2.05, 4.69) is 17.6 Å². The minimum atomic E-state index is -3.62. The molecule has 0 saturated carbocycles. The van der Waals surface area contributed by atoms with Gasteiger partial charge in [-0.3, -0.25) is 4.79 Å². The molecule has 0 unspecified atom stereocenters. The van der Waals surface area contributed by atoms with E-state index in [9.17, 15) is 13.2 Å². The molecular weight excluding hydrogens is 402 g/mol. The lowest BCUT2D eigenvalue weighted by Crippen LogP contribution is -2.40. The summed E-state index contributed by atoms with van der Waals surface area (Å²) in [6.07, 6.45) is 1.99. The van der Waals surface area contributed by atoms with Gasteiger partial charge in [0, 0.05) is 18.8 Å². The van der Waals surface area contributed by atoms with Gasteiger partial charge in [-0.25, -0.2) is 8.42 Å². The summed E-state index contributed by atoms with van der Waals surface area (Å²) in [5.41, 5.74) is 1.32. The van der Waals surface area contributed by atoms with Crippen molar-refractivity contribution in [2.45, 2.75) is 30.7 Å². The van der Waals surface area contributed by atoms with Crippen LogP contribution in [0.1, 0.15) is 31.4 Å². The van der Waals surface area contributed by atoms with Crippen molar-refractivity contribution in [1.82, 2.24) is 9.62 Å². The Labute approximate surface area is 178 Å². The summed E-state index contributed by atoms with van der Waals surface area (Å²) in [4.78, 5) is 13.2. The average molecular weight is 432 g/mol. The van der Waals surface area contributed by atoms with Gasteiger partial charge in [0.2, 0.25) is 15.9 Å². The smallest absolute Gasteiger partial charge is 0.246 e. The Kier molecular flexibility index (Phi) is 7.98. The van der Waals surface area contributed by atoms with Gasteiger partial charge in [-0.2, -0.15) is 4.31 Å². The summed E-state index contributed by atoms with van der Waals surface area (Å²) in [5.74, 6) is -0.224. The molecule has 162 valence electrons. The number of morpholine rings is 1. The van der Waals surface area contributed by atoms with Crippen LogP contribution in [0.4, 0.5) is 5.69 Å². The Morgan fingerprint density at radius 2 is 1.83 bits per heavy atom. The first-order valence-corrected chi connectivity index (χ1v) is 11.7. The van der Waals surface area contributed by atoms with Gasteiger partial charge in [-0.15, -0.1) is 0 Å². The minimum Gasteiger partial charge on any atom is -0.379 e. The van der Waals surface area contributed by atoms with Crippen molar-refractivity contribution < 1.29 is 17.9 Å². The van der Waals surface area contributed by atoms with Gasteiger partial charge < -0.3 is 15.4 Å². The van der Waals surface area contributed by atoms with Crippen LogP contribution in [0.3, 0.4) is 0 Å². The lowest BCUT2D eigenvalue weighted by molar-refractivity contribution is -0.118. The van der Waals surface area contributed by atoms with Crippen LogP contribution in [0, 0.1) is 0 Å². The summed E-state index contributed by atoms with van der Waals surface area (Å²) in [6, 6.07) is 15.4. The van der Waals surface area contributed by atoms with Crippen LogP contribution >= 0.6 is 0 Å². The average Bonchev–Trinajstić information content (AvgIpc) is 2.78. The fraction of sp³-hybridized carbons (Fsp3) is 0.409. The molecule has 30 heavy (non-hydrogen) atoms. The van der Waals surface area contributed by atoms with Crippen molar-refractivity contribution in [2.75, 3.05) is 38.2 Å². The molecule has 1 atom stereocenters. The number of carbonyl (C=O) groups is 1. The second-order valence-corrected chi connectivity index (χ2v) is 9.12. The Hall–Kier alpha value is -2.26. The summed E-state index contributed by atoms with van der Waals surface area (Å²) in [7, 11) is -3.62. The lowest BCUT2D eigenvalue weighted by atomic mass is 10.1. The van der Waals surface area contributed by atoms with E-state index in [1.165, 1.54) is 10.4 Å². The number of carbonyl (C=O) groups excluding carboxylic acids is 1. The molecule has 8 heteroatoms. The van der Waals surface area contributed by atoms with Crippen LogP contribution in [0.15, 0.2) is 59.5 Å². The quantitative estimate of drug-likeness (QED) is 0.596. The van der Waals surface area contributed by atoms with Gasteiger partial charge >= 0.3 is 0 Å². The molecule has 7 nitrogen and oxygen atoms in total. The number of hydrogen-bond donors (Lipinski definition) is 2. The number of nitrogens with one attached hydrogen (secondary N) is 2. The van der Waals surface area contributed by atoms with E-state index in [1.54, 1.807) is 18.2 Å². The third-order valence-corrected chi connectivity index (χ3v) is 6.88. The van der Waals surface area contributed by atoms with E-state index >= 15 is 0 Å². The first kappa shape index (κ1) is 22.4. The molecule has 1 amide bonds. The zero-order chi connectivity index (χ0) is 21.4. The Balaban J connectivity index is 1.77. The Morgan fingerprint density at radius 1 is 1.10 bits per heavy atom. The largest absolute Gasteiger partial charge is 0.379 e. The molecule has 2 aromatic rings. The van der Waals surface area contributed by atoms with Gasteiger partial charge in [-0.05, 0) is 36.7 Å². The molecule has 0 radical (unpaired) electrons. The molecule has 1 aliphatic heterocycles. The molecule has 0 spiro atoms. The van der Waals surface area contributed by atoms with Crippen LogP contribution in [0.25, 0.3) is 0 Å². The Morgan fingerprint density at radius 3 is 2.53 bits per heavy atom. The topological polar surface area (TPSA) is 87.7 Å². The van der Waals surface area contributed by atoms with Crippen molar-refractivity contribution in [3.63, 3.8) is 0 Å². The van der Waals surface area contributed by atoms with Crippen molar-refractivity contribution in [3.8, 4) is 0 Å². The van der Waals surface area contributed by atoms with Crippen molar-refractivity contribution in [2.24, 2.45) is 0 Å². The standard InChI is InChI=1S/C22H29N3O4S/c1-2-3-12-23-21(18-8-5-4-6-9-18)22(26)24-19-10-7-11-20(17-19)30(27,28)25-13-15-29-16-14-25/h4-11,17,21,23H,2-3,12-16H2,1H3,(H,24,26)/t21-/m1/s1. The second-order valence-electron chi connectivity index (χ2n) is 7.18. The summed E-state index contributed by atoms with van der Waals surface area (Å²) in [6.45, 7) is 4.25. The third kappa shape index (κ3) is 5.66. The molecule has 3 rings (SSSR count). The maximum absolute atomic E-state index is 13.0. The molecule has 1 aliphatic rings. The summed E-state index contributed by atoms with van der Waals surface area (Å²) < 4.78 is 32.5. The monoisotopic (exact) mass is 431 g/mol. The normalized spacial score (nSPS) is 16.2. The number of unbranched alkanes of at least 4 members (excludes halogenated alkanes) is 1. The zero-order valence-electron chi connectivity index (χ0n) is 17.2. The van der Waals surface area contributed by atoms with Gasteiger partial charge in [0.15, 0.2) is 0 Å². The number of sulfonamides is 1. The van der Waals surface area contributed by atoms with E-state index in [1.807, 2.05) is 30.3 Å². The highest BCUT2D eigenvalue weighted by Gasteiger charge is 2.27. The number of anilines is 1. The second kappa shape index (κ2) is 10.7. The molecule has 1 saturated heterocycles. The first-order valence-electron chi connectivity index (χ1n) is 10.3. The maximum Gasteiger partial charge on any atom is 0.246 e. The SMILES string of the molecule is CCCCN[C@@H](C(=O)Nc1cccc(S(=O)(=O)N2CCOCC2)c1)c1ccccc1. The van der Waals surface area contributed by atoms with E-state index < -0.39 is 16.1 Å². The summed E-state index contributed by atoms with van der Waals surface area (Å²) in [5, 5.41) is 6.17. The number of rotatable bonds is 9. The molecule has 1 heterocycles. The molecular formula is C22H29N3O4S. The number of benzene rings is 2. The van der Waals surface area contributed by atoms with Gasteiger partial charge in [0.25, 0.3) is 0 Å². The minimum absolute atomic E-state index is 0.164. The maximum atomic E-state index is 13.0. The van der Waals surface area contributed by atoms with Crippen LogP contribution in [-0.2, 0) is 19.6 Å². The molecule has 0 aliphatic carbocycles. The predicted octanol–water partition coefficient (Wildman–Crippen LogP) is 2.78. The van der Waals surface area contributed by atoms with Gasteiger partial charge in [0.1, 0.15) is 6.04 Å². The fourth-order valence-corrected chi connectivity index (χ4v) is 4.77. The number of hydrogen-bond acceptors (Lipinski definition) is 5. The van der Waals surface area contributed by atoms with Crippen molar-refractivity contribution >= 4 is 21.6 Å². The predicted molar refractivity (Wildman–Crippen MR) is 117 cm³/mol. The number of ether oxygens (including phenoxy) is 1. The van der Waals surface area contributed by atoms with E-state index in [-0.39, 0.29) is 10.8 Å².